The third kappa shape index (κ3) is 7.27. The number of aryl methyl sites for hydroxylation is 1. The van der Waals surface area contributed by atoms with Crippen LogP contribution in [0, 0.1) is 6.92 Å². The molecule has 0 aliphatic carbocycles. The average Bonchev–Trinajstić information content (AvgIpc) is 2.59. The van der Waals surface area contributed by atoms with Crippen LogP contribution in [0.25, 0.3) is 0 Å². The SMILES string of the molecule is Cc1ccc(OCC(=O)Nc2ccc(NCCCN(C)C)cc2)cc1. The second-order valence-electron chi connectivity index (χ2n) is 6.31. The molecule has 0 saturated carbocycles. The van der Waals surface area contributed by atoms with E-state index in [0.717, 1.165) is 36.4 Å². The van der Waals surface area contributed by atoms with Crippen molar-refractivity contribution in [1.82, 2.24) is 4.90 Å². The van der Waals surface area contributed by atoms with Gasteiger partial charge in [-0.25, -0.2) is 0 Å². The van der Waals surface area contributed by atoms with Crippen LogP contribution < -0.4 is 15.4 Å². The number of carbonyl (C=O) groups excluding carboxylic acids is 1. The number of anilines is 2. The Kier molecular flexibility index (Phi) is 7.29. The van der Waals surface area contributed by atoms with Crippen LogP contribution in [0.3, 0.4) is 0 Å². The van der Waals surface area contributed by atoms with Crippen LogP contribution >= 0.6 is 0 Å². The molecule has 0 saturated heterocycles. The lowest BCUT2D eigenvalue weighted by Crippen LogP contribution is -2.20. The van der Waals surface area contributed by atoms with Gasteiger partial charge in [-0.05, 0) is 70.4 Å². The summed E-state index contributed by atoms with van der Waals surface area (Å²) in [5.41, 5.74) is 2.97. The van der Waals surface area contributed by atoms with Crippen molar-refractivity contribution in [3.8, 4) is 5.75 Å². The molecule has 5 nitrogen and oxygen atoms in total. The van der Waals surface area contributed by atoms with Crippen molar-refractivity contribution in [3.05, 3.63) is 54.1 Å². The third-order valence-corrected chi connectivity index (χ3v) is 3.67. The molecular formula is C20H27N3O2. The summed E-state index contributed by atoms with van der Waals surface area (Å²) < 4.78 is 5.48. The molecule has 0 aliphatic rings. The summed E-state index contributed by atoms with van der Waals surface area (Å²) in [4.78, 5) is 14.1. The Hall–Kier alpha value is -2.53. The van der Waals surface area contributed by atoms with Gasteiger partial charge in [0.15, 0.2) is 6.61 Å². The minimum absolute atomic E-state index is 0.00635. The Morgan fingerprint density at radius 2 is 1.64 bits per heavy atom. The van der Waals surface area contributed by atoms with E-state index in [4.69, 9.17) is 4.74 Å². The molecule has 2 aromatic rings. The van der Waals surface area contributed by atoms with Gasteiger partial charge in [0.05, 0.1) is 0 Å². The Labute approximate surface area is 150 Å². The second kappa shape index (κ2) is 9.69. The molecule has 2 N–H and O–H groups in total. The van der Waals surface area contributed by atoms with Crippen molar-refractivity contribution < 1.29 is 9.53 Å². The maximum Gasteiger partial charge on any atom is 0.262 e. The fourth-order valence-corrected chi connectivity index (χ4v) is 2.28. The van der Waals surface area contributed by atoms with Gasteiger partial charge in [0.2, 0.25) is 0 Å². The highest BCUT2D eigenvalue weighted by atomic mass is 16.5. The van der Waals surface area contributed by atoms with E-state index < -0.39 is 0 Å². The van der Waals surface area contributed by atoms with Gasteiger partial charge in [-0.3, -0.25) is 4.79 Å². The van der Waals surface area contributed by atoms with Crippen molar-refractivity contribution >= 4 is 17.3 Å². The zero-order valence-electron chi connectivity index (χ0n) is 15.2. The Balaban J connectivity index is 1.72. The first-order chi connectivity index (χ1) is 12.0. The molecule has 25 heavy (non-hydrogen) atoms. The van der Waals surface area contributed by atoms with E-state index in [0.29, 0.717) is 5.75 Å². The number of hydrogen-bond donors (Lipinski definition) is 2. The summed E-state index contributed by atoms with van der Waals surface area (Å²) in [5, 5.41) is 6.20. The highest BCUT2D eigenvalue weighted by Gasteiger charge is 2.04. The predicted molar refractivity (Wildman–Crippen MR) is 103 cm³/mol. The molecule has 5 heteroatoms. The van der Waals surface area contributed by atoms with Crippen molar-refractivity contribution in [3.63, 3.8) is 0 Å². The van der Waals surface area contributed by atoms with E-state index >= 15 is 0 Å². The summed E-state index contributed by atoms with van der Waals surface area (Å²) in [6, 6.07) is 15.3. The van der Waals surface area contributed by atoms with E-state index in [1.807, 2.05) is 55.5 Å². The van der Waals surface area contributed by atoms with E-state index in [1.54, 1.807) is 0 Å². The van der Waals surface area contributed by atoms with Gasteiger partial charge in [-0.2, -0.15) is 0 Å². The molecule has 0 unspecified atom stereocenters. The maximum absolute atomic E-state index is 12.0. The third-order valence-electron chi connectivity index (χ3n) is 3.67. The quantitative estimate of drug-likeness (QED) is 0.687. The summed E-state index contributed by atoms with van der Waals surface area (Å²) in [6.45, 7) is 3.99. The molecule has 1 amide bonds. The van der Waals surface area contributed by atoms with E-state index in [-0.39, 0.29) is 12.5 Å². The molecule has 0 fully saturated rings. The maximum atomic E-state index is 12.0. The van der Waals surface area contributed by atoms with E-state index in [1.165, 1.54) is 0 Å². The normalized spacial score (nSPS) is 10.6. The molecule has 0 aliphatic heterocycles. The Morgan fingerprint density at radius 3 is 2.28 bits per heavy atom. The minimum atomic E-state index is -0.174. The minimum Gasteiger partial charge on any atom is -0.484 e. The molecule has 0 spiro atoms. The first-order valence-corrected chi connectivity index (χ1v) is 8.51. The van der Waals surface area contributed by atoms with Gasteiger partial charge in [0.25, 0.3) is 5.91 Å². The second-order valence-corrected chi connectivity index (χ2v) is 6.31. The van der Waals surface area contributed by atoms with Crippen molar-refractivity contribution in [2.45, 2.75) is 13.3 Å². The lowest BCUT2D eigenvalue weighted by atomic mass is 10.2. The molecule has 2 aromatic carbocycles. The molecule has 0 atom stereocenters. The van der Waals surface area contributed by atoms with Crippen molar-refractivity contribution in [2.75, 3.05) is 44.4 Å². The van der Waals surface area contributed by atoms with Crippen molar-refractivity contribution in [2.24, 2.45) is 0 Å². The number of amides is 1. The Bertz CT molecular complexity index is 652. The van der Waals surface area contributed by atoms with Gasteiger partial charge in [0, 0.05) is 17.9 Å². The Morgan fingerprint density at radius 1 is 1.00 bits per heavy atom. The number of rotatable bonds is 9. The van der Waals surface area contributed by atoms with Crippen LogP contribution in [0.4, 0.5) is 11.4 Å². The van der Waals surface area contributed by atoms with Crippen LogP contribution in [0.1, 0.15) is 12.0 Å². The largest absolute Gasteiger partial charge is 0.484 e. The van der Waals surface area contributed by atoms with Gasteiger partial charge < -0.3 is 20.3 Å². The van der Waals surface area contributed by atoms with Gasteiger partial charge in [-0.15, -0.1) is 0 Å². The number of ether oxygens (including phenoxy) is 1. The predicted octanol–water partition coefficient (Wildman–Crippen LogP) is 3.38. The zero-order chi connectivity index (χ0) is 18.1. The van der Waals surface area contributed by atoms with Crippen molar-refractivity contribution in [1.29, 1.82) is 0 Å². The number of carbonyl (C=O) groups is 1. The van der Waals surface area contributed by atoms with Gasteiger partial charge in [0.1, 0.15) is 5.75 Å². The van der Waals surface area contributed by atoms with Crippen LogP contribution in [-0.2, 0) is 4.79 Å². The van der Waals surface area contributed by atoms with Gasteiger partial charge >= 0.3 is 0 Å². The number of hydrogen-bond acceptors (Lipinski definition) is 4. The summed E-state index contributed by atoms with van der Waals surface area (Å²) in [6.07, 6.45) is 1.09. The van der Waals surface area contributed by atoms with Crippen LogP contribution in [-0.4, -0.2) is 44.6 Å². The first kappa shape index (κ1) is 18.8. The molecule has 0 radical (unpaired) electrons. The molecule has 2 rings (SSSR count). The van der Waals surface area contributed by atoms with E-state index in [9.17, 15) is 4.79 Å². The number of nitrogens with zero attached hydrogens (tertiary/aromatic N) is 1. The number of nitrogens with one attached hydrogen (secondary N) is 2. The smallest absolute Gasteiger partial charge is 0.262 e. The monoisotopic (exact) mass is 341 g/mol. The van der Waals surface area contributed by atoms with Crippen LogP contribution in [0.5, 0.6) is 5.75 Å². The standard InChI is InChI=1S/C20H27N3O2/c1-16-5-11-19(12-6-16)25-15-20(24)22-18-9-7-17(8-10-18)21-13-4-14-23(2)3/h5-12,21H,4,13-15H2,1-3H3,(H,22,24). The van der Waals surface area contributed by atoms with Crippen LogP contribution in [0.2, 0.25) is 0 Å². The molecule has 0 bridgehead atoms. The fourth-order valence-electron chi connectivity index (χ4n) is 2.28. The lowest BCUT2D eigenvalue weighted by molar-refractivity contribution is -0.118. The first-order valence-electron chi connectivity index (χ1n) is 8.51. The molecule has 0 heterocycles. The summed E-state index contributed by atoms with van der Waals surface area (Å²) in [5.74, 6) is 0.519. The highest BCUT2D eigenvalue weighted by molar-refractivity contribution is 5.92. The molecule has 0 aromatic heterocycles. The highest BCUT2D eigenvalue weighted by Crippen LogP contribution is 2.14. The van der Waals surface area contributed by atoms with Crippen LogP contribution in [0.15, 0.2) is 48.5 Å². The summed E-state index contributed by atoms with van der Waals surface area (Å²) in [7, 11) is 4.14. The van der Waals surface area contributed by atoms with Gasteiger partial charge in [-0.1, -0.05) is 17.7 Å². The topological polar surface area (TPSA) is 53.6 Å². The average molecular weight is 341 g/mol. The molecule has 134 valence electrons. The fraction of sp³-hybridized carbons (Fsp3) is 0.350. The molecular weight excluding hydrogens is 314 g/mol. The lowest BCUT2D eigenvalue weighted by Gasteiger charge is -2.11. The summed E-state index contributed by atoms with van der Waals surface area (Å²) >= 11 is 0. The zero-order valence-corrected chi connectivity index (χ0v) is 15.2. The number of benzene rings is 2. The van der Waals surface area contributed by atoms with E-state index in [2.05, 4.69) is 29.6 Å².